The van der Waals surface area contributed by atoms with Crippen LogP contribution in [0.1, 0.15) is 31.0 Å². The molecule has 1 N–H and O–H groups in total. The predicted octanol–water partition coefficient (Wildman–Crippen LogP) is 4.83. The van der Waals surface area contributed by atoms with E-state index in [1.54, 1.807) is 0 Å². The Balaban J connectivity index is 2.42. The van der Waals surface area contributed by atoms with Crippen molar-refractivity contribution in [1.29, 1.82) is 0 Å². The molecular weight excluding hydrogens is 321 g/mol. The van der Waals surface area contributed by atoms with Gasteiger partial charge in [0.2, 0.25) is 0 Å². The Hall–Kier alpha value is -1.45. The van der Waals surface area contributed by atoms with Crippen molar-refractivity contribution in [3.63, 3.8) is 0 Å². The highest BCUT2D eigenvalue weighted by Crippen LogP contribution is 2.53. The topological polar surface area (TPSA) is 47.6 Å². The van der Waals surface area contributed by atoms with Crippen molar-refractivity contribution in [1.82, 2.24) is 5.32 Å². The molecule has 0 aliphatic heterocycles. The minimum absolute atomic E-state index is 0.0747. The van der Waals surface area contributed by atoms with Crippen LogP contribution in [0.4, 0.5) is 0 Å². The minimum atomic E-state index is -3.25. The van der Waals surface area contributed by atoms with E-state index >= 15 is 0 Å². The van der Waals surface area contributed by atoms with E-state index in [0.717, 1.165) is 11.1 Å². The average Bonchev–Trinajstić information content (AvgIpc) is 2.63. The van der Waals surface area contributed by atoms with E-state index in [2.05, 4.69) is 29.6 Å². The van der Waals surface area contributed by atoms with Gasteiger partial charge in [0.1, 0.15) is 5.78 Å². The standard InChI is InChI=1S/C19H26NO3P/c1-15(2)19(24(21,22-3)23-4)20-18(16-11-7-5-8-12-16)17-13-9-6-10-14-17/h5-15,18-20H,1-4H3/t19-/m1/s1. The number of hydrogen-bond acceptors (Lipinski definition) is 4. The zero-order valence-electron chi connectivity index (χ0n) is 14.7. The Morgan fingerprint density at radius 1 is 0.833 bits per heavy atom. The quantitative estimate of drug-likeness (QED) is 0.695. The molecule has 0 heterocycles. The van der Waals surface area contributed by atoms with Crippen molar-refractivity contribution in [2.45, 2.75) is 25.7 Å². The highest BCUT2D eigenvalue weighted by Gasteiger charge is 2.38. The summed E-state index contributed by atoms with van der Waals surface area (Å²) in [4.78, 5) is 0. The van der Waals surface area contributed by atoms with Crippen molar-refractivity contribution in [3.8, 4) is 0 Å². The summed E-state index contributed by atoms with van der Waals surface area (Å²) < 4.78 is 23.5. The Kier molecular flexibility index (Phi) is 6.76. The summed E-state index contributed by atoms with van der Waals surface area (Å²) in [5, 5.41) is 3.52. The zero-order chi connectivity index (χ0) is 17.6. The van der Waals surface area contributed by atoms with E-state index in [0.29, 0.717) is 0 Å². The van der Waals surface area contributed by atoms with Crippen molar-refractivity contribution >= 4 is 7.60 Å². The molecule has 1 atom stereocenters. The van der Waals surface area contributed by atoms with Crippen LogP contribution in [0, 0.1) is 5.92 Å². The van der Waals surface area contributed by atoms with Crippen LogP contribution >= 0.6 is 7.60 Å². The molecule has 0 unspecified atom stereocenters. The van der Waals surface area contributed by atoms with Gasteiger partial charge in [0.25, 0.3) is 0 Å². The van der Waals surface area contributed by atoms with Gasteiger partial charge in [-0.2, -0.15) is 0 Å². The van der Waals surface area contributed by atoms with Crippen molar-refractivity contribution < 1.29 is 13.6 Å². The van der Waals surface area contributed by atoms with Crippen LogP contribution in [-0.4, -0.2) is 20.0 Å². The van der Waals surface area contributed by atoms with E-state index in [9.17, 15) is 4.57 Å². The van der Waals surface area contributed by atoms with Gasteiger partial charge in [-0.25, -0.2) is 0 Å². The number of benzene rings is 2. The van der Waals surface area contributed by atoms with Crippen LogP contribution in [0.2, 0.25) is 0 Å². The normalized spacial score (nSPS) is 13.4. The largest absolute Gasteiger partial charge is 0.347 e. The van der Waals surface area contributed by atoms with Crippen LogP contribution < -0.4 is 5.32 Å². The molecule has 130 valence electrons. The third-order valence-corrected chi connectivity index (χ3v) is 6.53. The van der Waals surface area contributed by atoms with Gasteiger partial charge in [0, 0.05) is 14.2 Å². The molecular formula is C19H26NO3P. The Morgan fingerprint density at radius 3 is 1.58 bits per heavy atom. The van der Waals surface area contributed by atoms with E-state index in [1.807, 2.05) is 50.2 Å². The van der Waals surface area contributed by atoms with Crippen LogP contribution in [0.15, 0.2) is 60.7 Å². The van der Waals surface area contributed by atoms with Gasteiger partial charge >= 0.3 is 7.60 Å². The lowest BCUT2D eigenvalue weighted by Gasteiger charge is -2.32. The Bertz CT molecular complexity index is 613. The van der Waals surface area contributed by atoms with Gasteiger partial charge in [-0.15, -0.1) is 0 Å². The molecule has 5 heteroatoms. The monoisotopic (exact) mass is 347 g/mol. The summed E-state index contributed by atoms with van der Waals surface area (Å²) in [5.74, 6) is -0.344. The van der Waals surface area contributed by atoms with Crippen molar-refractivity contribution in [2.24, 2.45) is 5.92 Å². The van der Waals surface area contributed by atoms with Crippen LogP contribution in [-0.2, 0) is 13.6 Å². The molecule has 0 aromatic heterocycles. The summed E-state index contributed by atoms with van der Waals surface area (Å²) in [6, 6.07) is 20.1. The molecule has 0 bridgehead atoms. The molecule has 0 fully saturated rings. The summed E-state index contributed by atoms with van der Waals surface area (Å²) in [7, 11) is -0.389. The van der Waals surface area contributed by atoms with Crippen molar-refractivity contribution in [2.75, 3.05) is 14.2 Å². The second-order valence-corrected chi connectivity index (χ2v) is 8.38. The fraction of sp³-hybridized carbons (Fsp3) is 0.368. The second kappa shape index (κ2) is 8.59. The second-order valence-electron chi connectivity index (χ2n) is 6.01. The lowest BCUT2D eigenvalue weighted by molar-refractivity contribution is 0.244. The van der Waals surface area contributed by atoms with Crippen molar-refractivity contribution in [3.05, 3.63) is 71.8 Å². The third kappa shape index (κ3) is 4.34. The molecule has 24 heavy (non-hydrogen) atoms. The van der Waals surface area contributed by atoms with Gasteiger partial charge in [0.15, 0.2) is 0 Å². The van der Waals surface area contributed by atoms with Gasteiger partial charge in [-0.3, -0.25) is 9.88 Å². The molecule has 0 amide bonds. The molecule has 4 nitrogen and oxygen atoms in total. The summed E-state index contributed by atoms with van der Waals surface area (Å²) in [5.41, 5.74) is 2.21. The van der Waals surface area contributed by atoms with E-state index in [-0.39, 0.29) is 12.0 Å². The smallest absolute Gasteiger partial charge is 0.311 e. The first kappa shape index (κ1) is 18.9. The Labute approximate surface area is 144 Å². The summed E-state index contributed by atoms with van der Waals surface area (Å²) in [6.07, 6.45) is 0. The average molecular weight is 347 g/mol. The minimum Gasteiger partial charge on any atom is -0.311 e. The van der Waals surface area contributed by atoms with Gasteiger partial charge < -0.3 is 9.05 Å². The van der Waals surface area contributed by atoms with Gasteiger partial charge in [0.05, 0.1) is 6.04 Å². The summed E-state index contributed by atoms with van der Waals surface area (Å²) in [6.45, 7) is 4.02. The lowest BCUT2D eigenvalue weighted by atomic mass is 9.98. The lowest BCUT2D eigenvalue weighted by Crippen LogP contribution is -2.38. The number of hydrogen-bond donors (Lipinski definition) is 1. The SMILES string of the molecule is COP(=O)(OC)[C@@H](NC(c1ccccc1)c1ccccc1)C(C)C. The molecule has 2 aromatic rings. The molecule has 2 aromatic carbocycles. The predicted molar refractivity (Wildman–Crippen MR) is 98.1 cm³/mol. The van der Waals surface area contributed by atoms with Crippen LogP contribution in [0.5, 0.6) is 0 Å². The highest BCUT2D eigenvalue weighted by molar-refractivity contribution is 7.54. The molecule has 0 aliphatic rings. The first-order valence-electron chi connectivity index (χ1n) is 8.09. The molecule has 0 saturated carbocycles. The maximum absolute atomic E-state index is 13.0. The fourth-order valence-corrected chi connectivity index (χ4v) is 4.46. The van der Waals surface area contributed by atoms with E-state index in [1.165, 1.54) is 14.2 Å². The fourth-order valence-electron chi connectivity index (χ4n) is 2.80. The van der Waals surface area contributed by atoms with Crippen LogP contribution in [0.3, 0.4) is 0 Å². The summed E-state index contributed by atoms with van der Waals surface area (Å²) >= 11 is 0. The maximum atomic E-state index is 13.0. The first-order chi connectivity index (χ1) is 11.5. The maximum Gasteiger partial charge on any atom is 0.347 e. The third-order valence-electron chi connectivity index (χ3n) is 4.08. The molecule has 0 aliphatic carbocycles. The molecule has 0 spiro atoms. The first-order valence-corrected chi connectivity index (χ1v) is 9.70. The number of rotatable bonds is 8. The highest BCUT2D eigenvalue weighted by atomic mass is 31.2. The zero-order valence-corrected chi connectivity index (χ0v) is 15.6. The van der Waals surface area contributed by atoms with Gasteiger partial charge in [-0.05, 0) is 17.0 Å². The Morgan fingerprint density at radius 2 is 1.25 bits per heavy atom. The number of nitrogens with one attached hydrogen (secondary N) is 1. The van der Waals surface area contributed by atoms with E-state index in [4.69, 9.17) is 9.05 Å². The van der Waals surface area contributed by atoms with Crippen LogP contribution in [0.25, 0.3) is 0 Å². The van der Waals surface area contributed by atoms with E-state index < -0.39 is 13.4 Å². The molecule has 2 rings (SSSR count). The molecule has 0 saturated heterocycles. The van der Waals surface area contributed by atoms with Gasteiger partial charge in [-0.1, -0.05) is 74.5 Å². The molecule has 0 radical (unpaired) electrons.